The van der Waals surface area contributed by atoms with Crippen LogP contribution in [0.15, 0.2) is 53.4 Å². The van der Waals surface area contributed by atoms with Crippen molar-refractivity contribution in [3.05, 3.63) is 48.5 Å². The second-order valence-corrected chi connectivity index (χ2v) is 6.65. The molecule has 1 amide bonds. The molecule has 0 atom stereocenters. The molecule has 2 rings (SSSR count). The number of anilines is 1. The van der Waals surface area contributed by atoms with E-state index in [-0.39, 0.29) is 5.91 Å². The van der Waals surface area contributed by atoms with Gasteiger partial charge in [-0.05, 0) is 37.6 Å². The summed E-state index contributed by atoms with van der Waals surface area (Å²) in [4.78, 5) is 15.3. The predicted molar refractivity (Wildman–Crippen MR) is 107 cm³/mol. The van der Waals surface area contributed by atoms with Crippen LogP contribution in [0.1, 0.15) is 6.42 Å². The van der Waals surface area contributed by atoms with Crippen molar-refractivity contribution in [2.24, 2.45) is 0 Å². The van der Waals surface area contributed by atoms with Gasteiger partial charge in [-0.2, -0.15) is 0 Å². The van der Waals surface area contributed by atoms with Crippen molar-refractivity contribution in [1.82, 2.24) is 4.90 Å². The minimum absolute atomic E-state index is 0.0176. The SMILES string of the molecule is COc1ccccc1OCCN(C)CCC(=O)Nc1ccccc1SC. The van der Waals surface area contributed by atoms with Crippen molar-refractivity contribution < 1.29 is 14.3 Å². The number of nitrogens with one attached hydrogen (secondary N) is 1. The number of thioether (sulfide) groups is 1. The topological polar surface area (TPSA) is 50.8 Å². The smallest absolute Gasteiger partial charge is 0.225 e. The normalized spacial score (nSPS) is 10.6. The average molecular weight is 375 g/mol. The summed E-state index contributed by atoms with van der Waals surface area (Å²) in [5, 5.41) is 2.98. The molecular formula is C20H26N2O3S. The van der Waals surface area contributed by atoms with E-state index in [9.17, 15) is 4.79 Å². The number of amides is 1. The lowest BCUT2D eigenvalue weighted by Crippen LogP contribution is -2.28. The van der Waals surface area contributed by atoms with Crippen LogP contribution in [-0.2, 0) is 4.79 Å². The summed E-state index contributed by atoms with van der Waals surface area (Å²) in [6.45, 7) is 1.93. The molecule has 0 saturated heterocycles. The van der Waals surface area contributed by atoms with Gasteiger partial charge >= 0.3 is 0 Å². The summed E-state index contributed by atoms with van der Waals surface area (Å²) in [6.07, 6.45) is 2.44. The Kier molecular flexibility index (Phi) is 8.31. The molecule has 0 fully saturated rings. The maximum absolute atomic E-state index is 12.2. The number of hydrogen-bond donors (Lipinski definition) is 1. The number of carbonyl (C=O) groups is 1. The highest BCUT2D eigenvalue weighted by atomic mass is 32.2. The largest absolute Gasteiger partial charge is 0.493 e. The van der Waals surface area contributed by atoms with Gasteiger partial charge in [-0.25, -0.2) is 0 Å². The van der Waals surface area contributed by atoms with Gasteiger partial charge in [-0.15, -0.1) is 11.8 Å². The quantitative estimate of drug-likeness (QED) is 0.642. The van der Waals surface area contributed by atoms with Gasteiger partial charge in [-0.1, -0.05) is 24.3 Å². The number of para-hydroxylation sites is 3. The van der Waals surface area contributed by atoms with Crippen LogP contribution >= 0.6 is 11.8 Å². The standard InChI is InChI=1S/C20H26N2O3S/c1-22(14-15-25-18-10-6-5-9-17(18)24-2)13-12-20(23)21-16-8-4-7-11-19(16)26-3/h4-11H,12-15H2,1-3H3,(H,21,23). The van der Waals surface area contributed by atoms with Gasteiger partial charge < -0.3 is 19.7 Å². The summed E-state index contributed by atoms with van der Waals surface area (Å²) in [5.41, 5.74) is 0.868. The first kappa shape index (κ1) is 20.1. The molecule has 0 spiro atoms. The van der Waals surface area contributed by atoms with Gasteiger partial charge in [0, 0.05) is 24.4 Å². The highest BCUT2D eigenvalue weighted by Crippen LogP contribution is 2.26. The van der Waals surface area contributed by atoms with Crippen molar-refractivity contribution >= 4 is 23.4 Å². The fourth-order valence-corrected chi connectivity index (χ4v) is 2.97. The third-order valence-corrected chi connectivity index (χ3v) is 4.70. The molecule has 6 heteroatoms. The van der Waals surface area contributed by atoms with Gasteiger partial charge in [0.15, 0.2) is 11.5 Å². The van der Waals surface area contributed by atoms with Gasteiger partial charge in [0.05, 0.1) is 12.8 Å². The van der Waals surface area contributed by atoms with Crippen LogP contribution in [0.5, 0.6) is 11.5 Å². The number of rotatable bonds is 10. The first-order valence-electron chi connectivity index (χ1n) is 8.51. The Balaban J connectivity index is 1.71. The Bertz CT molecular complexity index is 709. The van der Waals surface area contributed by atoms with Gasteiger partial charge in [0.25, 0.3) is 0 Å². The zero-order chi connectivity index (χ0) is 18.8. The van der Waals surface area contributed by atoms with E-state index in [0.29, 0.717) is 19.6 Å². The van der Waals surface area contributed by atoms with E-state index in [1.165, 1.54) is 0 Å². The lowest BCUT2D eigenvalue weighted by molar-refractivity contribution is -0.116. The summed E-state index contributed by atoms with van der Waals surface area (Å²) in [5.74, 6) is 1.47. The summed E-state index contributed by atoms with van der Waals surface area (Å²) in [7, 11) is 3.61. The lowest BCUT2D eigenvalue weighted by Gasteiger charge is -2.17. The molecule has 140 valence electrons. The van der Waals surface area contributed by atoms with Crippen molar-refractivity contribution in [1.29, 1.82) is 0 Å². The van der Waals surface area contributed by atoms with Crippen LogP contribution in [0.3, 0.4) is 0 Å². The van der Waals surface area contributed by atoms with E-state index in [2.05, 4.69) is 10.2 Å². The van der Waals surface area contributed by atoms with Crippen LogP contribution in [0.4, 0.5) is 5.69 Å². The molecule has 0 bridgehead atoms. The second kappa shape index (κ2) is 10.7. The number of carbonyl (C=O) groups excluding carboxylic acids is 1. The molecule has 0 unspecified atom stereocenters. The number of likely N-dealkylation sites (N-methyl/N-ethyl adjacent to an activating group) is 1. The van der Waals surface area contributed by atoms with Crippen LogP contribution in [-0.4, -0.2) is 50.9 Å². The number of ether oxygens (including phenoxy) is 2. The third-order valence-electron chi connectivity index (χ3n) is 3.90. The molecule has 0 heterocycles. The van der Waals surface area contributed by atoms with Crippen LogP contribution in [0.2, 0.25) is 0 Å². The second-order valence-electron chi connectivity index (χ2n) is 5.80. The summed E-state index contributed by atoms with van der Waals surface area (Å²) < 4.78 is 11.0. The van der Waals surface area contributed by atoms with E-state index >= 15 is 0 Å². The number of nitrogens with zero attached hydrogens (tertiary/aromatic N) is 1. The maximum Gasteiger partial charge on any atom is 0.225 e. The van der Waals surface area contributed by atoms with E-state index in [1.807, 2.05) is 61.8 Å². The summed E-state index contributed by atoms with van der Waals surface area (Å²) in [6, 6.07) is 15.4. The molecule has 0 aliphatic rings. The van der Waals surface area contributed by atoms with Crippen molar-refractivity contribution in [2.45, 2.75) is 11.3 Å². The highest BCUT2D eigenvalue weighted by molar-refractivity contribution is 7.98. The minimum atomic E-state index is 0.0176. The molecule has 2 aromatic rings. The summed E-state index contributed by atoms with van der Waals surface area (Å²) >= 11 is 1.62. The molecule has 5 nitrogen and oxygen atoms in total. The minimum Gasteiger partial charge on any atom is -0.493 e. The van der Waals surface area contributed by atoms with Crippen molar-refractivity contribution in [3.8, 4) is 11.5 Å². The Labute approximate surface area is 159 Å². The zero-order valence-electron chi connectivity index (χ0n) is 15.5. The van der Waals surface area contributed by atoms with Gasteiger partial charge in [0.1, 0.15) is 6.61 Å². The molecular weight excluding hydrogens is 348 g/mol. The molecule has 0 aliphatic carbocycles. The van der Waals surface area contributed by atoms with Crippen molar-refractivity contribution in [2.75, 3.05) is 45.4 Å². The van der Waals surface area contributed by atoms with Gasteiger partial charge in [0.2, 0.25) is 5.91 Å². The Morgan fingerprint density at radius 1 is 1.08 bits per heavy atom. The van der Waals surface area contributed by atoms with Crippen LogP contribution in [0.25, 0.3) is 0 Å². The zero-order valence-corrected chi connectivity index (χ0v) is 16.3. The molecule has 0 saturated carbocycles. The average Bonchev–Trinajstić information content (AvgIpc) is 2.67. The van der Waals surface area contributed by atoms with Crippen molar-refractivity contribution in [3.63, 3.8) is 0 Å². The molecule has 0 aliphatic heterocycles. The predicted octanol–water partition coefficient (Wildman–Crippen LogP) is 3.76. The molecule has 2 aromatic carbocycles. The van der Waals surface area contributed by atoms with Crippen LogP contribution in [0, 0.1) is 0 Å². The maximum atomic E-state index is 12.2. The fraction of sp³-hybridized carbons (Fsp3) is 0.350. The first-order valence-corrected chi connectivity index (χ1v) is 9.73. The number of methoxy groups -OCH3 is 1. The van der Waals surface area contributed by atoms with Gasteiger partial charge in [-0.3, -0.25) is 4.79 Å². The van der Waals surface area contributed by atoms with E-state index in [0.717, 1.165) is 28.6 Å². The Morgan fingerprint density at radius 2 is 1.77 bits per heavy atom. The number of hydrogen-bond acceptors (Lipinski definition) is 5. The van der Waals surface area contributed by atoms with E-state index in [1.54, 1.807) is 18.9 Å². The third kappa shape index (κ3) is 6.28. The highest BCUT2D eigenvalue weighted by Gasteiger charge is 2.08. The molecule has 1 N–H and O–H groups in total. The fourth-order valence-electron chi connectivity index (χ4n) is 2.41. The van der Waals surface area contributed by atoms with E-state index in [4.69, 9.17) is 9.47 Å². The molecule has 0 aromatic heterocycles. The lowest BCUT2D eigenvalue weighted by atomic mass is 10.3. The van der Waals surface area contributed by atoms with Crippen LogP contribution < -0.4 is 14.8 Å². The Hall–Kier alpha value is -2.18. The molecule has 0 radical (unpaired) electrons. The molecule has 26 heavy (non-hydrogen) atoms. The number of benzene rings is 2. The Morgan fingerprint density at radius 3 is 2.50 bits per heavy atom. The monoisotopic (exact) mass is 374 g/mol. The first-order chi connectivity index (χ1) is 12.6. The van der Waals surface area contributed by atoms with E-state index < -0.39 is 0 Å².